The molecular weight excluding hydrogens is 338 g/mol. The molecule has 1 unspecified atom stereocenters. The van der Waals surface area contributed by atoms with Gasteiger partial charge in [0.15, 0.2) is 0 Å². The second-order valence-electron chi connectivity index (χ2n) is 6.88. The molecular formula is C19H23NO4S. The van der Waals surface area contributed by atoms with Gasteiger partial charge in [0.1, 0.15) is 11.6 Å². The molecule has 1 heterocycles. The van der Waals surface area contributed by atoms with E-state index in [9.17, 15) is 14.7 Å². The Morgan fingerprint density at radius 2 is 1.96 bits per heavy atom. The molecule has 1 atom stereocenters. The van der Waals surface area contributed by atoms with E-state index in [1.165, 1.54) is 16.9 Å². The number of aryl methyl sites for hydroxylation is 1. The van der Waals surface area contributed by atoms with Crippen molar-refractivity contribution < 1.29 is 19.4 Å². The largest absolute Gasteiger partial charge is 0.480 e. The molecule has 0 saturated heterocycles. The number of rotatable bonds is 5. The highest BCUT2D eigenvalue weighted by atomic mass is 32.1. The molecule has 2 N–H and O–H groups in total. The molecule has 6 heteroatoms. The molecule has 0 bridgehead atoms. The van der Waals surface area contributed by atoms with Gasteiger partial charge in [-0.2, -0.15) is 0 Å². The molecule has 1 amide bonds. The summed E-state index contributed by atoms with van der Waals surface area (Å²) in [5.41, 5.74) is 1.60. The predicted octanol–water partition coefficient (Wildman–Crippen LogP) is 4.24. The van der Waals surface area contributed by atoms with Crippen LogP contribution in [0.25, 0.3) is 10.4 Å². The van der Waals surface area contributed by atoms with Crippen LogP contribution in [0, 0.1) is 6.92 Å². The molecule has 1 aromatic carbocycles. The SMILES string of the molecule is Cc1cccc(-c2ccc(CC(NC(=O)OC(C)(C)C)C(=O)O)s2)c1. The summed E-state index contributed by atoms with van der Waals surface area (Å²) in [6, 6.07) is 11.0. The van der Waals surface area contributed by atoms with Crippen LogP contribution in [0.2, 0.25) is 0 Å². The normalized spacial score (nSPS) is 12.5. The fourth-order valence-corrected chi connectivity index (χ4v) is 3.34. The lowest BCUT2D eigenvalue weighted by atomic mass is 10.1. The van der Waals surface area contributed by atoms with Gasteiger partial charge in [0.05, 0.1) is 0 Å². The molecule has 0 fully saturated rings. The van der Waals surface area contributed by atoms with E-state index in [0.29, 0.717) is 0 Å². The minimum atomic E-state index is -1.09. The van der Waals surface area contributed by atoms with Crippen molar-refractivity contribution in [3.8, 4) is 10.4 Å². The Morgan fingerprint density at radius 3 is 2.56 bits per heavy atom. The Kier molecular flexibility index (Phi) is 5.85. The second-order valence-corrected chi connectivity index (χ2v) is 8.04. The third-order valence-corrected chi connectivity index (χ3v) is 4.52. The van der Waals surface area contributed by atoms with Crippen LogP contribution < -0.4 is 5.32 Å². The number of hydrogen-bond acceptors (Lipinski definition) is 4. The number of amides is 1. The van der Waals surface area contributed by atoms with E-state index >= 15 is 0 Å². The van der Waals surface area contributed by atoms with Crippen molar-refractivity contribution in [3.05, 3.63) is 46.8 Å². The highest BCUT2D eigenvalue weighted by molar-refractivity contribution is 7.15. The van der Waals surface area contributed by atoms with E-state index < -0.39 is 23.7 Å². The third kappa shape index (κ3) is 5.90. The van der Waals surface area contributed by atoms with Crippen molar-refractivity contribution >= 4 is 23.4 Å². The van der Waals surface area contributed by atoms with Crippen LogP contribution in [0.15, 0.2) is 36.4 Å². The topological polar surface area (TPSA) is 75.6 Å². The van der Waals surface area contributed by atoms with Crippen molar-refractivity contribution in [2.75, 3.05) is 0 Å². The van der Waals surface area contributed by atoms with Crippen LogP contribution in [0.4, 0.5) is 4.79 Å². The summed E-state index contributed by atoms with van der Waals surface area (Å²) in [5, 5.41) is 11.8. The van der Waals surface area contributed by atoms with E-state index in [1.807, 2.05) is 37.3 Å². The van der Waals surface area contributed by atoms with Crippen LogP contribution in [0.1, 0.15) is 31.2 Å². The summed E-state index contributed by atoms with van der Waals surface area (Å²) >= 11 is 1.53. The van der Waals surface area contributed by atoms with E-state index in [-0.39, 0.29) is 6.42 Å². The molecule has 0 aliphatic carbocycles. The molecule has 0 aliphatic heterocycles. The minimum Gasteiger partial charge on any atom is -0.480 e. The molecule has 0 saturated carbocycles. The van der Waals surface area contributed by atoms with Crippen LogP contribution in [0.3, 0.4) is 0 Å². The summed E-state index contributed by atoms with van der Waals surface area (Å²) in [5.74, 6) is -1.09. The Balaban J connectivity index is 2.08. The first kappa shape index (κ1) is 19.0. The molecule has 0 spiro atoms. The molecule has 134 valence electrons. The smallest absolute Gasteiger partial charge is 0.408 e. The summed E-state index contributed by atoms with van der Waals surface area (Å²) in [6.07, 6.45) is -0.513. The van der Waals surface area contributed by atoms with E-state index in [1.54, 1.807) is 20.8 Å². The number of carbonyl (C=O) groups excluding carboxylic acids is 1. The number of nitrogens with one attached hydrogen (secondary N) is 1. The van der Waals surface area contributed by atoms with Gasteiger partial charge >= 0.3 is 12.1 Å². The first-order valence-electron chi connectivity index (χ1n) is 8.02. The van der Waals surface area contributed by atoms with Crippen LogP contribution >= 0.6 is 11.3 Å². The molecule has 2 rings (SSSR count). The van der Waals surface area contributed by atoms with E-state index in [0.717, 1.165) is 15.3 Å². The second kappa shape index (κ2) is 7.70. The lowest BCUT2D eigenvalue weighted by Crippen LogP contribution is -2.44. The molecule has 0 radical (unpaired) electrons. The van der Waals surface area contributed by atoms with Gasteiger partial charge in [0.25, 0.3) is 0 Å². The fraction of sp³-hybridized carbons (Fsp3) is 0.368. The highest BCUT2D eigenvalue weighted by Crippen LogP contribution is 2.29. The third-order valence-electron chi connectivity index (χ3n) is 3.36. The molecule has 5 nitrogen and oxygen atoms in total. The summed E-state index contributed by atoms with van der Waals surface area (Å²) < 4.78 is 5.13. The van der Waals surface area contributed by atoms with Crippen molar-refractivity contribution in [2.45, 2.75) is 45.8 Å². The van der Waals surface area contributed by atoms with Crippen LogP contribution in [0.5, 0.6) is 0 Å². The van der Waals surface area contributed by atoms with Crippen molar-refractivity contribution in [1.29, 1.82) is 0 Å². The molecule has 2 aromatic rings. The number of hydrogen-bond donors (Lipinski definition) is 2. The number of benzene rings is 1. The van der Waals surface area contributed by atoms with Crippen LogP contribution in [-0.2, 0) is 16.0 Å². The standard InChI is InChI=1S/C19H23NO4S/c1-12-6-5-7-13(10-12)16-9-8-14(25-16)11-15(17(21)22)20-18(23)24-19(2,3)4/h5-10,15H,11H2,1-4H3,(H,20,23)(H,21,22). The zero-order valence-corrected chi connectivity index (χ0v) is 15.6. The van der Waals surface area contributed by atoms with Gasteiger partial charge in [-0.05, 0) is 45.4 Å². The van der Waals surface area contributed by atoms with Crippen molar-refractivity contribution in [1.82, 2.24) is 5.32 Å². The van der Waals surface area contributed by atoms with Gasteiger partial charge in [-0.3, -0.25) is 0 Å². The Bertz CT molecular complexity index is 761. The van der Waals surface area contributed by atoms with Crippen molar-refractivity contribution in [3.63, 3.8) is 0 Å². The number of carboxylic acid groups (broad SMARTS) is 1. The molecule has 25 heavy (non-hydrogen) atoms. The number of aliphatic carboxylic acids is 1. The van der Waals surface area contributed by atoms with E-state index in [4.69, 9.17) is 4.74 Å². The summed E-state index contributed by atoms with van der Waals surface area (Å²) in [6.45, 7) is 7.23. The molecule has 1 aromatic heterocycles. The lowest BCUT2D eigenvalue weighted by Gasteiger charge is -2.21. The fourth-order valence-electron chi connectivity index (χ4n) is 2.29. The average molecular weight is 361 g/mol. The maximum absolute atomic E-state index is 11.8. The summed E-state index contributed by atoms with van der Waals surface area (Å²) in [7, 11) is 0. The first-order valence-corrected chi connectivity index (χ1v) is 8.84. The average Bonchev–Trinajstić information content (AvgIpc) is 2.93. The number of ether oxygens (including phenoxy) is 1. The van der Waals surface area contributed by atoms with Crippen LogP contribution in [-0.4, -0.2) is 28.8 Å². The number of alkyl carbamates (subject to hydrolysis) is 1. The van der Waals surface area contributed by atoms with Gasteiger partial charge < -0.3 is 15.2 Å². The number of carboxylic acids is 1. The first-order chi connectivity index (χ1) is 11.6. The summed E-state index contributed by atoms with van der Waals surface area (Å²) in [4.78, 5) is 25.3. The lowest BCUT2D eigenvalue weighted by molar-refractivity contribution is -0.139. The maximum Gasteiger partial charge on any atom is 0.408 e. The van der Waals surface area contributed by atoms with Gasteiger partial charge in [0, 0.05) is 16.2 Å². The van der Waals surface area contributed by atoms with Gasteiger partial charge in [-0.15, -0.1) is 11.3 Å². The van der Waals surface area contributed by atoms with Gasteiger partial charge in [-0.1, -0.05) is 29.8 Å². The van der Waals surface area contributed by atoms with E-state index in [2.05, 4.69) is 11.4 Å². The quantitative estimate of drug-likeness (QED) is 0.835. The Labute approximate surface area is 151 Å². The van der Waals surface area contributed by atoms with Gasteiger partial charge in [-0.25, -0.2) is 9.59 Å². The highest BCUT2D eigenvalue weighted by Gasteiger charge is 2.24. The maximum atomic E-state index is 11.8. The van der Waals surface area contributed by atoms with Crippen molar-refractivity contribution in [2.24, 2.45) is 0 Å². The zero-order valence-electron chi connectivity index (χ0n) is 14.8. The Morgan fingerprint density at radius 1 is 1.24 bits per heavy atom. The van der Waals surface area contributed by atoms with Gasteiger partial charge in [0.2, 0.25) is 0 Å². The predicted molar refractivity (Wildman–Crippen MR) is 99.0 cm³/mol. The molecule has 0 aliphatic rings. The Hall–Kier alpha value is -2.34. The number of carbonyl (C=O) groups is 2. The monoisotopic (exact) mass is 361 g/mol. The zero-order chi connectivity index (χ0) is 18.6. The number of thiophene rings is 1. The minimum absolute atomic E-state index is 0.213.